The van der Waals surface area contributed by atoms with Gasteiger partial charge in [0.15, 0.2) is 16.9 Å². The van der Waals surface area contributed by atoms with E-state index >= 15 is 0 Å². The Bertz CT molecular complexity index is 1250. The van der Waals surface area contributed by atoms with Crippen LogP contribution in [0.4, 0.5) is 0 Å². The Balaban J connectivity index is 1.82. The maximum absolute atomic E-state index is 12.5. The second kappa shape index (κ2) is 8.36. The van der Waals surface area contributed by atoms with Gasteiger partial charge < -0.3 is 14.0 Å². The highest BCUT2D eigenvalue weighted by Crippen LogP contribution is 2.22. The van der Waals surface area contributed by atoms with E-state index in [-0.39, 0.29) is 30.1 Å². The minimum atomic E-state index is -0.610. The number of fused-ring (bicyclic) bond motifs is 1. The summed E-state index contributed by atoms with van der Waals surface area (Å²) < 4.78 is 14.4. The summed E-state index contributed by atoms with van der Waals surface area (Å²) in [6, 6.07) is 4.94. The van der Waals surface area contributed by atoms with E-state index in [0.717, 1.165) is 4.57 Å². The van der Waals surface area contributed by atoms with Crippen LogP contribution in [0.15, 0.2) is 34.1 Å². The zero-order valence-corrected chi connectivity index (χ0v) is 17.2. The molecule has 0 aliphatic heterocycles. The van der Waals surface area contributed by atoms with Gasteiger partial charge in [0.25, 0.3) is 5.56 Å². The Kier molecular flexibility index (Phi) is 5.86. The number of carbonyl (C=O) groups is 2. The lowest BCUT2D eigenvalue weighted by molar-refractivity contribution is -0.145. The average molecular weight is 414 g/mol. The third-order valence-electron chi connectivity index (χ3n) is 4.67. The monoisotopic (exact) mass is 414 g/mol. The number of ketones is 1. The summed E-state index contributed by atoms with van der Waals surface area (Å²) in [6.45, 7) is 3.33. The Labute approximate surface area is 171 Å². The molecule has 0 saturated heterocycles. The Morgan fingerprint density at radius 1 is 1.13 bits per heavy atom. The second-order valence-corrected chi connectivity index (χ2v) is 6.72. The molecule has 0 spiro atoms. The van der Waals surface area contributed by atoms with Gasteiger partial charge in [0.2, 0.25) is 0 Å². The minimum Gasteiger partial charge on any atom is -0.493 e. The molecule has 0 radical (unpaired) electrons. The van der Waals surface area contributed by atoms with Crippen molar-refractivity contribution in [2.75, 3.05) is 6.61 Å². The normalized spacial score (nSPS) is 10.9. The number of rotatable bonds is 7. The number of esters is 1. The van der Waals surface area contributed by atoms with Crippen molar-refractivity contribution in [1.29, 1.82) is 0 Å². The van der Waals surface area contributed by atoms with Gasteiger partial charge in [0.1, 0.15) is 18.9 Å². The number of hydrogen-bond acceptors (Lipinski definition) is 7. The molecule has 0 aliphatic carbocycles. The van der Waals surface area contributed by atoms with E-state index in [2.05, 4.69) is 4.98 Å². The smallest absolute Gasteiger partial charge is 0.332 e. The Morgan fingerprint density at radius 3 is 2.53 bits per heavy atom. The van der Waals surface area contributed by atoms with Crippen molar-refractivity contribution in [3.63, 3.8) is 0 Å². The number of ether oxygens (including phenoxy) is 2. The molecule has 0 amide bonds. The van der Waals surface area contributed by atoms with Crippen LogP contribution in [-0.2, 0) is 36.8 Å². The minimum absolute atomic E-state index is 0.0988. The molecule has 3 aromatic rings. The zero-order chi connectivity index (χ0) is 22.0. The highest BCUT2D eigenvalue weighted by atomic mass is 16.5. The predicted octanol–water partition coefficient (Wildman–Crippen LogP) is 0.778. The fraction of sp³-hybridized carbons (Fsp3) is 0.350. The fourth-order valence-corrected chi connectivity index (χ4v) is 3.07. The number of aromatic nitrogens is 4. The van der Waals surface area contributed by atoms with Crippen LogP contribution < -0.4 is 16.0 Å². The van der Waals surface area contributed by atoms with Crippen molar-refractivity contribution in [3.8, 4) is 5.75 Å². The van der Waals surface area contributed by atoms with Gasteiger partial charge in [-0.05, 0) is 32.0 Å². The van der Waals surface area contributed by atoms with Crippen molar-refractivity contribution >= 4 is 22.9 Å². The summed E-state index contributed by atoms with van der Waals surface area (Å²) in [5.41, 5.74) is 0.301. The predicted molar refractivity (Wildman–Crippen MR) is 108 cm³/mol. The number of imidazole rings is 1. The molecule has 0 saturated carbocycles. The highest BCUT2D eigenvalue weighted by Gasteiger charge is 2.17. The van der Waals surface area contributed by atoms with Crippen molar-refractivity contribution in [1.82, 2.24) is 18.7 Å². The lowest BCUT2D eigenvalue weighted by Gasteiger charge is -2.12. The molecule has 0 bridgehead atoms. The summed E-state index contributed by atoms with van der Waals surface area (Å²) >= 11 is 0. The van der Waals surface area contributed by atoms with Crippen LogP contribution in [0.1, 0.15) is 29.8 Å². The van der Waals surface area contributed by atoms with Gasteiger partial charge in [-0.2, -0.15) is 0 Å². The first-order valence-electron chi connectivity index (χ1n) is 9.27. The first kappa shape index (κ1) is 21.0. The highest BCUT2D eigenvalue weighted by molar-refractivity contribution is 5.94. The SMILES string of the molecule is CCOc1ccc(C(C)=O)cc1COC(=O)Cn1cnc2c1c(=O)n(C)c(=O)n2C. The molecule has 2 aromatic heterocycles. The quantitative estimate of drug-likeness (QED) is 0.414. The van der Waals surface area contributed by atoms with Crippen molar-refractivity contribution in [2.45, 2.75) is 27.0 Å². The number of Topliss-reactive ketones (excluding diaryl/α,β-unsaturated/α-hetero) is 1. The van der Waals surface area contributed by atoms with Gasteiger partial charge in [-0.25, -0.2) is 9.78 Å². The van der Waals surface area contributed by atoms with Gasteiger partial charge in [-0.1, -0.05) is 0 Å². The summed E-state index contributed by atoms with van der Waals surface area (Å²) in [5, 5.41) is 0. The van der Waals surface area contributed by atoms with Gasteiger partial charge in [0, 0.05) is 25.2 Å². The molecule has 0 aliphatic rings. The third kappa shape index (κ3) is 3.88. The maximum atomic E-state index is 12.5. The van der Waals surface area contributed by atoms with E-state index in [1.165, 1.54) is 36.5 Å². The van der Waals surface area contributed by atoms with E-state index in [9.17, 15) is 19.2 Å². The van der Waals surface area contributed by atoms with Crippen molar-refractivity contribution in [2.24, 2.45) is 14.1 Å². The number of benzene rings is 1. The van der Waals surface area contributed by atoms with E-state index < -0.39 is 17.2 Å². The molecule has 2 heterocycles. The standard InChI is InChI=1S/C20H22N4O6/c1-5-29-15-7-6-13(12(2)25)8-14(15)10-30-16(26)9-24-11-21-18-17(24)19(27)23(4)20(28)22(18)3/h6-8,11H,5,9-10H2,1-4H3. The van der Waals surface area contributed by atoms with Crippen molar-refractivity contribution in [3.05, 3.63) is 56.5 Å². The van der Waals surface area contributed by atoms with E-state index in [1.54, 1.807) is 18.2 Å². The summed E-state index contributed by atoms with van der Waals surface area (Å²) in [4.78, 5) is 52.6. The molecule has 10 heteroatoms. The number of aryl methyl sites for hydroxylation is 1. The Morgan fingerprint density at radius 2 is 1.87 bits per heavy atom. The van der Waals surface area contributed by atoms with Crippen LogP contribution in [-0.4, -0.2) is 37.0 Å². The lowest BCUT2D eigenvalue weighted by atomic mass is 10.1. The van der Waals surface area contributed by atoms with E-state index in [4.69, 9.17) is 9.47 Å². The van der Waals surface area contributed by atoms with Gasteiger partial charge in [-0.15, -0.1) is 0 Å². The summed E-state index contributed by atoms with van der Waals surface area (Å²) in [7, 11) is 2.86. The molecule has 0 atom stereocenters. The largest absolute Gasteiger partial charge is 0.493 e. The Hall–Kier alpha value is -3.69. The topological polar surface area (TPSA) is 114 Å². The van der Waals surface area contributed by atoms with Gasteiger partial charge in [-0.3, -0.25) is 23.5 Å². The molecule has 0 fully saturated rings. The first-order valence-corrected chi connectivity index (χ1v) is 9.27. The number of hydrogen-bond donors (Lipinski definition) is 0. The molecule has 1 aromatic carbocycles. The van der Waals surface area contributed by atoms with E-state index in [1.807, 2.05) is 6.92 Å². The molecule has 0 unspecified atom stereocenters. The molecular weight excluding hydrogens is 392 g/mol. The second-order valence-electron chi connectivity index (χ2n) is 6.72. The molecule has 10 nitrogen and oxygen atoms in total. The third-order valence-corrected chi connectivity index (χ3v) is 4.67. The molecule has 0 N–H and O–H groups in total. The molecule has 3 rings (SSSR count). The lowest BCUT2D eigenvalue weighted by Crippen LogP contribution is -2.37. The molecule has 158 valence electrons. The van der Waals surface area contributed by atoms with Crippen LogP contribution in [0.2, 0.25) is 0 Å². The summed E-state index contributed by atoms with van der Waals surface area (Å²) in [6.07, 6.45) is 1.31. The van der Waals surface area contributed by atoms with Crippen LogP contribution in [0.5, 0.6) is 5.75 Å². The zero-order valence-electron chi connectivity index (χ0n) is 17.2. The number of nitrogens with zero attached hydrogens (tertiary/aromatic N) is 4. The molecular formula is C20H22N4O6. The summed E-state index contributed by atoms with van der Waals surface area (Å²) in [5.74, 6) is -0.204. The number of carbonyl (C=O) groups excluding carboxylic acids is 2. The first-order chi connectivity index (χ1) is 14.2. The average Bonchev–Trinajstić information content (AvgIpc) is 3.13. The van der Waals surface area contributed by atoms with Crippen LogP contribution in [0.25, 0.3) is 11.2 Å². The molecule has 30 heavy (non-hydrogen) atoms. The fourth-order valence-electron chi connectivity index (χ4n) is 3.07. The van der Waals surface area contributed by atoms with E-state index in [0.29, 0.717) is 23.5 Å². The van der Waals surface area contributed by atoms with Gasteiger partial charge in [0.05, 0.1) is 12.9 Å². The van der Waals surface area contributed by atoms with Crippen molar-refractivity contribution < 1.29 is 19.1 Å². The van der Waals surface area contributed by atoms with Crippen LogP contribution in [0, 0.1) is 0 Å². The van der Waals surface area contributed by atoms with Crippen LogP contribution in [0.3, 0.4) is 0 Å². The van der Waals surface area contributed by atoms with Gasteiger partial charge >= 0.3 is 11.7 Å². The maximum Gasteiger partial charge on any atom is 0.332 e. The van der Waals surface area contributed by atoms with Crippen LogP contribution >= 0.6 is 0 Å².